The topological polar surface area (TPSA) is 70.1 Å². The molecule has 0 radical (unpaired) electrons. The molecule has 0 spiro atoms. The van der Waals surface area contributed by atoms with Crippen molar-refractivity contribution in [3.8, 4) is 5.75 Å². The summed E-state index contributed by atoms with van der Waals surface area (Å²) in [6.07, 6.45) is 0. The number of methoxy groups -OCH3 is 1. The fraction of sp³-hybridized carbons (Fsp3) is 0.333. The summed E-state index contributed by atoms with van der Waals surface area (Å²) in [4.78, 5) is 2.01. The number of aliphatic hydroxyl groups is 1. The lowest BCUT2D eigenvalue weighted by Crippen LogP contribution is -2.49. The number of ether oxygens (including phenoxy) is 1. The second-order valence-electron chi connectivity index (χ2n) is 5.98. The van der Waals surface area contributed by atoms with E-state index < -0.39 is 15.8 Å². The molecular formula is C18H21FN2O4S. The molecule has 1 saturated heterocycles. The van der Waals surface area contributed by atoms with E-state index in [1.807, 2.05) is 0 Å². The van der Waals surface area contributed by atoms with Crippen molar-refractivity contribution in [1.29, 1.82) is 0 Å². The van der Waals surface area contributed by atoms with Crippen molar-refractivity contribution < 1.29 is 22.7 Å². The molecule has 0 saturated carbocycles. The Morgan fingerprint density at radius 1 is 1.08 bits per heavy atom. The van der Waals surface area contributed by atoms with Crippen LogP contribution in [0.4, 0.5) is 10.1 Å². The summed E-state index contributed by atoms with van der Waals surface area (Å²) in [6, 6.07) is 11.1. The van der Waals surface area contributed by atoms with Gasteiger partial charge in [0.2, 0.25) is 10.0 Å². The highest BCUT2D eigenvalue weighted by molar-refractivity contribution is 7.89. The fourth-order valence-corrected chi connectivity index (χ4v) is 4.42. The van der Waals surface area contributed by atoms with Crippen LogP contribution in [0.15, 0.2) is 47.4 Å². The van der Waals surface area contributed by atoms with Crippen LogP contribution in [0.3, 0.4) is 0 Å². The molecule has 2 aromatic rings. The predicted molar refractivity (Wildman–Crippen MR) is 96.3 cm³/mol. The molecule has 0 amide bonds. The first-order valence-corrected chi connectivity index (χ1v) is 9.69. The number of piperazine rings is 1. The van der Waals surface area contributed by atoms with Crippen molar-refractivity contribution in [3.63, 3.8) is 0 Å². The SMILES string of the molecule is COc1ccc(S(=O)(=O)N2CCN(c3cccc(CO)c3F)CC2)cc1. The zero-order valence-electron chi connectivity index (χ0n) is 14.4. The van der Waals surface area contributed by atoms with Gasteiger partial charge in [-0.15, -0.1) is 0 Å². The minimum absolute atomic E-state index is 0.209. The Kier molecular flexibility index (Phi) is 5.45. The Hall–Kier alpha value is -2.16. The highest BCUT2D eigenvalue weighted by Gasteiger charge is 2.29. The Morgan fingerprint density at radius 3 is 2.31 bits per heavy atom. The molecule has 0 unspecified atom stereocenters. The monoisotopic (exact) mass is 380 g/mol. The van der Waals surface area contributed by atoms with Gasteiger partial charge >= 0.3 is 0 Å². The Morgan fingerprint density at radius 2 is 1.73 bits per heavy atom. The lowest BCUT2D eigenvalue weighted by Gasteiger charge is -2.35. The molecule has 8 heteroatoms. The number of anilines is 1. The van der Waals surface area contributed by atoms with Crippen LogP contribution in [-0.2, 0) is 16.6 Å². The summed E-state index contributed by atoms with van der Waals surface area (Å²) in [6.45, 7) is 0.905. The van der Waals surface area contributed by atoms with Gasteiger partial charge in [0.25, 0.3) is 0 Å². The number of halogens is 1. The average molecular weight is 380 g/mol. The minimum atomic E-state index is -3.60. The maximum atomic E-state index is 14.4. The number of nitrogens with zero attached hydrogens (tertiary/aromatic N) is 2. The fourth-order valence-electron chi connectivity index (χ4n) is 3.00. The number of benzene rings is 2. The summed E-state index contributed by atoms with van der Waals surface area (Å²) in [7, 11) is -2.08. The predicted octanol–water partition coefficient (Wildman–Crippen LogP) is 1.84. The van der Waals surface area contributed by atoms with Gasteiger partial charge in [-0.1, -0.05) is 12.1 Å². The smallest absolute Gasteiger partial charge is 0.243 e. The van der Waals surface area contributed by atoms with Crippen molar-refractivity contribution in [3.05, 3.63) is 53.8 Å². The standard InChI is InChI=1S/C18H21FN2O4S/c1-25-15-5-7-16(8-6-15)26(23,24)21-11-9-20(10-12-21)17-4-2-3-14(13-22)18(17)19/h2-8,22H,9-13H2,1H3. The molecule has 6 nitrogen and oxygen atoms in total. The van der Waals surface area contributed by atoms with Crippen LogP contribution in [0.25, 0.3) is 0 Å². The van der Waals surface area contributed by atoms with Crippen molar-refractivity contribution in [2.75, 3.05) is 38.2 Å². The normalized spacial score (nSPS) is 15.9. The highest BCUT2D eigenvalue weighted by Crippen LogP contribution is 2.26. The van der Waals surface area contributed by atoms with E-state index in [0.29, 0.717) is 24.5 Å². The second kappa shape index (κ2) is 7.61. The maximum Gasteiger partial charge on any atom is 0.243 e. The first kappa shape index (κ1) is 18.6. The molecule has 3 rings (SSSR count). The lowest BCUT2D eigenvalue weighted by atomic mass is 10.1. The number of hydrogen-bond acceptors (Lipinski definition) is 5. The largest absolute Gasteiger partial charge is 0.497 e. The van der Waals surface area contributed by atoms with Gasteiger partial charge in [0, 0.05) is 31.7 Å². The molecule has 2 aromatic carbocycles. The van der Waals surface area contributed by atoms with E-state index in [2.05, 4.69) is 0 Å². The molecule has 0 aliphatic carbocycles. The van der Waals surface area contributed by atoms with Gasteiger partial charge in [0.15, 0.2) is 5.82 Å². The first-order chi connectivity index (χ1) is 12.5. The molecule has 140 valence electrons. The third-order valence-corrected chi connectivity index (χ3v) is 6.42. The van der Waals surface area contributed by atoms with Crippen LogP contribution in [-0.4, -0.2) is 51.1 Å². The molecule has 1 aliphatic rings. The summed E-state index contributed by atoms with van der Waals surface area (Å²) in [5.74, 6) is 0.134. The quantitative estimate of drug-likeness (QED) is 0.857. The zero-order chi connectivity index (χ0) is 18.7. The number of hydrogen-bond donors (Lipinski definition) is 1. The molecule has 1 heterocycles. The third kappa shape index (κ3) is 3.53. The summed E-state index contributed by atoms with van der Waals surface area (Å²) in [5, 5.41) is 9.20. The summed E-state index contributed by atoms with van der Waals surface area (Å²) in [5.41, 5.74) is 0.619. The van der Waals surface area contributed by atoms with Gasteiger partial charge in [-0.2, -0.15) is 4.31 Å². The highest BCUT2D eigenvalue weighted by atomic mass is 32.2. The van der Waals surface area contributed by atoms with Crippen molar-refractivity contribution >= 4 is 15.7 Å². The lowest BCUT2D eigenvalue weighted by molar-refractivity contribution is 0.275. The van der Waals surface area contributed by atoms with Gasteiger partial charge in [-0.3, -0.25) is 0 Å². The van der Waals surface area contributed by atoms with Crippen LogP contribution in [0.1, 0.15) is 5.56 Å². The zero-order valence-corrected chi connectivity index (χ0v) is 15.2. The van der Waals surface area contributed by atoms with Gasteiger partial charge in [0.1, 0.15) is 5.75 Å². The van der Waals surface area contributed by atoms with Gasteiger partial charge < -0.3 is 14.7 Å². The Bertz CT molecular complexity index is 863. The average Bonchev–Trinajstić information content (AvgIpc) is 2.68. The van der Waals surface area contributed by atoms with E-state index in [1.54, 1.807) is 29.2 Å². The van der Waals surface area contributed by atoms with E-state index in [4.69, 9.17) is 4.74 Å². The van der Waals surface area contributed by atoms with Crippen LogP contribution in [0, 0.1) is 5.82 Å². The molecular weight excluding hydrogens is 359 g/mol. The summed E-state index contributed by atoms with van der Waals surface area (Å²) < 4.78 is 46.3. The maximum absolute atomic E-state index is 14.4. The molecule has 1 aliphatic heterocycles. The molecule has 0 aromatic heterocycles. The summed E-state index contributed by atoms with van der Waals surface area (Å²) >= 11 is 0. The van der Waals surface area contributed by atoms with Crippen LogP contribution in [0.2, 0.25) is 0 Å². The van der Waals surface area contributed by atoms with Crippen molar-refractivity contribution in [2.45, 2.75) is 11.5 Å². The van der Waals surface area contributed by atoms with Crippen LogP contribution in [0.5, 0.6) is 5.75 Å². The number of rotatable bonds is 5. The van der Waals surface area contributed by atoms with E-state index >= 15 is 0 Å². The Labute approximate surface area is 152 Å². The molecule has 1 fully saturated rings. The van der Waals surface area contributed by atoms with Gasteiger partial charge in [-0.25, -0.2) is 12.8 Å². The number of aliphatic hydroxyl groups excluding tert-OH is 1. The van der Waals surface area contributed by atoms with Crippen LogP contribution >= 0.6 is 0 Å². The third-order valence-electron chi connectivity index (χ3n) is 4.51. The van der Waals surface area contributed by atoms with E-state index in [1.165, 1.54) is 29.6 Å². The molecule has 26 heavy (non-hydrogen) atoms. The van der Waals surface area contributed by atoms with Crippen molar-refractivity contribution in [2.24, 2.45) is 0 Å². The van der Waals surface area contributed by atoms with E-state index in [9.17, 15) is 17.9 Å². The molecule has 0 atom stereocenters. The molecule has 1 N–H and O–H groups in total. The molecule has 0 bridgehead atoms. The van der Waals surface area contributed by atoms with Crippen LogP contribution < -0.4 is 9.64 Å². The van der Waals surface area contributed by atoms with E-state index in [-0.39, 0.29) is 30.2 Å². The van der Waals surface area contributed by atoms with Gasteiger partial charge in [-0.05, 0) is 30.3 Å². The van der Waals surface area contributed by atoms with E-state index in [0.717, 1.165) is 0 Å². The van der Waals surface area contributed by atoms with Crippen molar-refractivity contribution in [1.82, 2.24) is 4.31 Å². The second-order valence-corrected chi connectivity index (χ2v) is 7.91. The first-order valence-electron chi connectivity index (χ1n) is 8.25. The minimum Gasteiger partial charge on any atom is -0.497 e. The number of sulfonamides is 1. The van der Waals surface area contributed by atoms with Gasteiger partial charge in [0.05, 0.1) is 24.3 Å². The Balaban J connectivity index is 1.73.